The van der Waals surface area contributed by atoms with Crippen LogP contribution in [0.5, 0.6) is 5.75 Å². The van der Waals surface area contributed by atoms with Gasteiger partial charge in [-0.25, -0.2) is 9.97 Å². The Labute approximate surface area is 152 Å². The number of hydrogen-bond donors (Lipinski definition) is 0. The van der Waals surface area contributed by atoms with Crippen LogP contribution in [0.2, 0.25) is 0 Å². The lowest BCUT2D eigenvalue weighted by atomic mass is 10.1. The van der Waals surface area contributed by atoms with Crippen molar-refractivity contribution in [2.24, 2.45) is 0 Å². The maximum absolute atomic E-state index is 5.23. The molecule has 25 heavy (non-hydrogen) atoms. The van der Waals surface area contributed by atoms with Crippen LogP contribution in [-0.2, 0) is 19.5 Å². The zero-order chi connectivity index (χ0) is 17.2. The van der Waals surface area contributed by atoms with Gasteiger partial charge < -0.3 is 4.74 Å². The Bertz CT molecular complexity index is 873. The van der Waals surface area contributed by atoms with E-state index in [1.165, 1.54) is 26.6 Å². The molecule has 1 aliphatic heterocycles. The summed E-state index contributed by atoms with van der Waals surface area (Å²) >= 11 is 1.86. The van der Waals surface area contributed by atoms with Gasteiger partial charge in [0.2, 0.25) is 0 Å². The number of ether oxygens (including phenoxy) is 1. The average molecular weight is 351 g/mol. The Balaban J connectivity index is 1.45. The topological polar surface area (TPSA) is 38.2 Å². The molecule has 4 rings (SSSR count). The largest absolute Gasteiger partial charge is 0.497 e. The molecule has 5 heteroatoms. The fourth-order valence-electron chi connectivity index (χ4n) is 3.20. The van der Waals surface area contributed by atoms with Crippen molar-refractivity contribution in [3.63, 3.8) is 0 Å². The maximum Gasteiger partial charge on any atom is 0.125 e. The fraction of sp³-hybridized carbons (Fsp3) is 0.300. The van der Waals surface area contributed by atoms with Crippen LogP contribution >= 0.6 is 11.3 Å². The number of nitrogens with zero attached hydrogens (tertiary/aromatic N) is 3. The summed E-state index contributed by atoms with van der Waals surface area (Å²) in [6.07, 6.45) is 3.00. The molecule has 0 spiro atoms. The highest BCUT2D eigenvalue weighted by Crippen LogP contribution is 2.30. The Morgan fingerprint density at radius 2 is 2.00 bits per heavy atom. The minimum absolute atomic E-state index is 0.870. The van der Waals surface area contributed by atoms with Crippen molar-refractivity contribution in [1.29, 1.82) is 0 Å². The van der Waals surface area contributed by atoms with Crippen molar-refractivity contribution >= 4 is 11.3 Å². The molecule has 0 aliphatic carbocycles. The number of aryl methyl sites for hydroxylation is 1. The third-order valence-electron chi connectivity index (χ3n) is 4.55. The number of methoxy groups -OCH3 is 1. The fourth-order valence-corrected chi connectivity index (χ4v) is 4.26. The Hall–Kier alpha value is -2.24. The molecule has 0 radical (unpaired) electrons. The molecule has 3 heterocycles. The molecule has 0 fully saturated rings. The molecule has 1 aromatic carbocycles. The summed E-state index contributed by atoms with van der Waals surface area (Å²) in [5, 5.41) is 0. The molecule has 0 bridgehead atoms. The van der Waals surface area contributed by atoms with Gasteiger partial charge in [-0.1, -0.05) is 0 Å². The van der Waals surface area contributed by atoms with Gasteiger partial charge in [0.1, 0.15) is 11.6 Å². The first-order chi connectivity index (χ1) is 12.2. The van der Waals surface area contributed by atoms with E-state index < -0.39 is 0 Å². The molecule has 0 amide bonds. The van der Waals surface area contributed by atoms with E-state index in [2.05, 4.69) is 39.1 Å². The molecular formula is C20H21N3OS. The summed E-state index contributed by atoms with van der Waals surface area (Å²) in [6.45, 7) is 4.93. The van der Waals surface area contributed by atoms with Crippen LogP contribution in [0.4, 0.5) is 0 Å². The summed E-state index contributed by atoms with van der Waals surface area (Å²) in [6, 6.07) is 12.7. The van der Waals surface area contributed by atoms with Crippen LogP contribution < -0.4 is 4.74 Å². The van der Waals surface area contributed by atoms with Crippen LogP contribution in [0, 0.1) is 6.92 Å². The van der Waals surface area contributed by atoms with E-state index in [0.29, 0.717) is 0 Å². The molecule has 3 aromatic rings. The normalized spacial score (nSPS) is 14.3. The van der Waals surface area contributed by atoms with Crippen LogP contribution in [0.3, 0.4) is 0 Å². The molecule has 0 saturated heterocycles. The maximum atomic E-state index is 5.23. The molecule has 1 aliphatic rings. The molecule has 0 atom stereocenters. The van der Waals surface area contributed by atoms with E-state index in [1.54, 1.807) is 7.11 Å². The van der Waals surface area contributed by atoms with Gasteiger partial charge in [-0.3, -0.25) is 4.90 Å². The van der Waals surface area contributed by atoms with Crippen molar-refractivity contribution < 1.29 is 4.74 Å². The molecular weight excluding hydrogens is 330 g/mol. The van der Waals surface area contributed by atoms with Crippen LogP contribution in [0.15, 0.2) is 42.6 Å². The lowest BCUT2D eigenvalue weighted by molar-refractivity contribution is 0.245. The van der Waals surface area contributed by atoms with E-state index in [0.717, 1.165) is 37.6 Å². The summed E-state index contributed by atoms with van der Waals surface area (Å²) in [5.74, 6) is 1.76. The van der Waals surface area contributed by atoms with Gasteiger partial charge in [-0.2, -0.15) is 0 Å². The number of hydrogen-bond acceptors (Lipinski definition) is 5. The quantitative estimate of drug-likeness (QED) is 0.710. The third-order valence-corrected chi connectivity index (χ3v) is 5.67. The highest BCUT2D eigenvalue weighted by atomic mass is 32.1. The predicted molar refractivity (Wildman–Crippen MR) is 101 cm³/mol. The van der Waals surface area contributed by atoms with E-state index in [9.17, 15) is 0 Å². The lowest BCUT2D eigenvalue weighted by Crippen LogP contribution is -2.30. The van der Waals surface area contributed by atoms with Crippen LogP contribution in [-0.4, -0.2) is 28.5 Å². The van der Waals surface area contributed by atoms with E-state index >= 15 is 0 Å². The van der Waals surface area contributed by atoms with Gasteiger partial charge in [0.25, 0.3) is 0 Å². The second-order valence-corrected chi connectivity index (χ2v) is 7.51. The van der Waals surface area contributed by atoms with Crippen molar-refractivity contribution in [3.8, 4) is 16.2 Å². The zero-order valence-electron chi connectivity index (χ0n) is 14.5. The molecule has 128 valence electrons. The van der Waals surface area contributed by atoms with Crippen molar-refractivity contribution in [3.05, 3.63) is 64.6 Å². The summed E-state index contributed by atoms with van der Waals surface area (Å²) in [5.41, 5.74) is 3.72. The SMILES string of the molecule is COc1ccc(-c2ccc(CN3CCc4nc(C)ncc4C3)s2)cc1. The molecule has 0 saturated carbocycles. The zero-order valence-corrected chi connectivity index (χ0v) is 15.3. The van der Waals surface area contributed by atoms with E-state index in [4.69, 9.17) is 4.74 Å². The standard InChI is InChI=1S/C20H21N3OS/c1-14-21-11-16-12-23(10-9-19(16)22-14)13-18-7-8-20(25-18)15-3-5-17(24-2)6-4-15/h3-8,11H,9-10,12-13H2,1-2H3. The molecule has 0 unspecified atom stereocenters. The van der Waals surface area contributed by atoms with Gasteiger partial charge in [0.05, 0.1) is 7.11 Å². The lowest BCUT2D eigenvalue weighted by Gasteiger charge is -2.27. The smallest absolute Gasteiger partial charge is 0.125 e. The monoisotopic (exact) mass is 351 g/mol. The van der Waals surface area contributed by atoms with Gasteiger partial charge in [0.15, 0.2) is 0 Å². The van der Waals surface area contributed by atoms with Gasteiger partial charge in [-0.05, 0) is 48.9 Å². The molecule has 4 nitrogen and oxygen atoms in total. The van der Waals surface area contributed by atoms with Crippen LogP contribution in [0.1, 0.15) is 22.0 Å². The second-order valence-electron chi connectivity index (χ2n) is 6.34. The minimum atomic E-state index is 0.870. The molecule has 0 N–H and O–H groups in total. The first-order valence-electron chi connectivity index (χ1n) is 8.48. The first-order valence-corrected chi connectivity index (χ1v) is 9.30. The minimum Gasteiger partial charge on any atom is -0.497 e. The van der Waals surface area contributed by atoms with Crippen molar-refractivity contribution in [2.45, 2.75) is 26.4 Å². The highest BCUT2D eigenvalue weighted by Gasteiger charge is 2.18. The van der Waals surface area contributed by atoms with Gasteiger partial charge >= 0.3 is 0 Å². The number of thiophene rings is 1. The second kappa shape index (κ2) is 6.94. The van der Waals surface area contributed by atoms with Crippen LogP contribution in [0.25, 0.3) is 10.4 Å². The number of benzene rings is 1. The average Bonchev–Trinajstić information content (AvgIpc) is 3.10. The van der Waals surface area contributed by atoms with E-state index in [-0.39, 0.29) is 0 Å². The molecule has 2 aromatic heterocycles. The van der Waals surface area contributed by atoms with Crippen molar-refractivity contribution in [2.75, 3.05) is 13.7 Å². The highest BCUT2D eigenvalue weighted by molar-refractivity contribution is 7.15. The Kier molecular flexibility index (Phi) is 4.51. The number of aromatic nitrogens is 2. The first kappa shape index (κ1) is 16.2. The summed E-state index contributed by atoms with van der Waals surface area (Å²) in [7, 11) is 1.70. The van der Waals surface area contributed by atoms with Crippen molar-refractivity contribution in [1.82, 2.24) is 14.9 Å². The van der Waals surface area contributed by atoms with Gasteiger partial charge in [0, 0.05) is 53.3 Å². The number of fused-ring (bicyclic) bond motifs is 1. The summed E-state index contributed by atoms with van der Waals surface area (Å²) in [4.78, 5) is 14.1. The Morgan fingerprint density at radius 1 is 1.16 bits per heavy atom. The summed E-state index contributed by atoms with van der Waals surface area (Å²) < 4.78 is 5.23. The van der Waals surface area contributed by atoms with Gasteiger partial charge in [-0.15, -0.1) is 11.3 Å². The predicted octanol–water partition coefficient (Wildman–Crippen LogP) is 4.08. The Morgan fingerprint density at radius 3 is 2.80 bits per heavy atom. The third kappa shape index (κ3) is 3.57. The number of rotatable bonds is 4. The van der Waals surface area contributed by atoms with E-state index in [1.807, 2.05) is 36.6 Å².